The molecule has 164 valence electrons. The van der Waals surface area contributed by atoms with Gasteiger partial charge in [-0.2, -0.15) is 4.31 Å². The number of carbonyl (C=O) groups excluding carboxylic acids is 1. The van der Waals surface area contributed by atoms with Crippen molar-refractivity contribution in [3.63, 3.8) is 0 Å². The fourth-order valence-corrected chi connectivity index (χ4v) is 5.43. The van der Waals surface area contributed by atoms with E-state index in [1.807, 2.05) is 6.92 Å². The highest BCUT2D eigenvalue weighted by Gasteiger charge is 2.29. The topological polar surface area (TPSA) is 93.0 Å². The molecular formula is C21H23ClN4O4S. The molecule has 0 bridgehead atoms. The summed E-state index contributed by atoms with van der Waals surface area (Å²) in [6, 6.07) is 8.35. The van der Waals surface area contributed by atoms with Gasteiger partial charge in [0.05, 0.1) is 35.4 Å². The second kappa shape index (κ2) is 8.96. The molecule has 1 N–H and O–H groups in total. The molecule has 1 aliphatic heterocycles. The summed E-state index contributed by atoms with van der Waals surface area (Å²) >= 11 is 5.99. The van der Waals surface area contributed by atoms with Crippen LogP contribution in [0.15, 0.2) is 47.6 Å². The quantitative estimate of drug-likeness (QED) is 0.607. The van der Waals surface area contributed by atoms with Gasteiger partial charge >= 0.3 is 0 Å². The Morgan fingerprint density at radius 2 is 1.97 bits per heavy atom. The minimum absolute atomic E-state index is 0.173. The number of imidazole rings is 1. The van der Waals surface area contributed by atoms with E-state index < -0.39 is 10.0 Å². The zero-order chi connectivity index (χ0) is 22.0. The van der Waals surface area contributed by atoms with Crippen molar-refractivity contribution in [2.75, 3.05) is 26.3 Å². The average Bonchev–Trinajstić information content (AvgIpc) is 3.19. The number of rotatable bonds is 6. The molecule has 1 aliphatic rings. The van der Waals surface area contributed by atoms with Crippen molar-refractivity contribution in [1.29, 1.82) is 0 Å². The van der Waals surface area contributed by atoms with E-state index in [-0.39, 0.29) is 22.9 Å². The van der Waals surface area contributed by atoms with Gasteiger partial charge in [0.15, 0.2) is 0 Å². The number of nitrogens with one attached hydrogen (secondary N) is 1. The van der Waals surface area contributed by atoms with Crippen LogP contribution in [0.4, 0.5) is 0 Å². The van der Waals surface area contributed by atoms with Crippen LogP contribution in [0, 0.1) is 0 Å². The van der Waals surface area contributed by atoms with Crippen molar-refractivity contribution in [2.45, 2.75) is 24.8 Å². The lowest BCUT2D eigenvalue weighted by Gasteiger charge is -2.27. The fraction of sp³-hybridized carbons (Fsp3) is 0.333. The molecule has 0 spiro atoms. The molecule has 3 aromatic rings. The molecule has 1 amide bonds. The summed E-state index contributed by atoms with van der Waals surface area (Å²) in [7, 11) is -3.70. The molecule has 4 rings (SSSR count). The van der Waals surface area contributed by atoms with Gasteiger partial charge in [-0.1, -0.05) is 24.6 Å². The lowest BCUT2D eigenvalue weighted by molar-refractivity contribution is 0.0730. The molecule has 0 atom stereocenters. The molecule has 10 heteroatoms. The number of benzene rings is 1. The average molecular weight is 463 g/mol. The molecule has 3 heterocycles. The Morgan fingerprint density at radius 1 is 1.19 bits per heavy atom. The zero-order valence-electron chi connectivity index (χ0n) is 17.0. The van der Waals surface area contributed by atoms with Gasteiger partial charge in [0.2, 0.25) is 10.0 Å². The Labute approximate surface area is 185 Å². The van der Waals surface area contributed by atoms with Gasteiger partial charge in [0.25, 0.3) is 5.91 Å². The minimum Gasteiger partial charge on any atom is -0.379 e. The monoisotopic (exact) mass is 462 g/mol. The second-order valence-corrected chi connectivity index (χ2v) is 9.56. The molecule has 0 radical (unpaired) electrons. The molecule has 2 aromatic heterocycles. The third-order valence-electron chi connectivity index (χ3n) is 5.19. The van der Waals surface area contributed by atoms with Gasteiger partial charge in [-0.25, -0.2) is 13.4 Å². The maximum absolute atomic E-state index is 13.2. The smallest absolute Gasteiger partial charge is 0.251 e. The first-order chi connectivity index (χ1) is 14.9. The summed E-state index contributed by atoms with van der Waals surface area (Å²) in [5, 5.41) is 3.40. The van der Waals surface area contributed by atoms with E-state index in [0.29, 0.717) is 49.0 Å². The van der Waals surface area contributed by atoms with Crippen LogP contribution in [-0.4, -0.2) is 54.3 Å². The van der Waals surface area contributed by atoms with E-state index in [0.717, 1.165) is 5.65 Å². The first-order valence-corrected chi connectivity index (χ1v) is 11.8. The summed E-state index contributed by atoms with van der Waals surface area (Å²) in [6.07, 6.45) is 4.07. The molecule has 1 saturated heterocycles. The Hall–Kier alpha value is -2.46. The predicted octanol–water partition coefficient (Wildman–Crippen LogP) is 2.50. The molecule has 1 aromatic carbocycles. The van der Waals surface area contributed by atoms with E-state index in [4.69, 9.17) is 16.3 Å². The summed E-state index contributed by atoms with van der Waals surface area (Å²) in [5.74, 6) is -0.365. The number of nitrogens with zero attached hydrogens (tertiary/aromatic N) is 3. The van der Waals surface area contributed by atoms with E-state index in [1.165, 1.54) is 10.4 Å². The maximum Gasteiger partial charge on any atom is 0.251 e. The SMILES string of the molecule is CCc1ccc(C(=O)NCc2cn3cc(Cl)ccc3n2)cc1S(=O)(=O)N1CCOCC1. The van der Waals surface area contributed by atoms with Gasteiger partial charge in [-0.05, 0) is 36.2 Å². The lowest BCUT2D eigenvalue weighted by atomic mass is 10.1. The van der Waals surface area contributed by atoms with E-state index in [1.54, 1.807) is 41.1 Å². The second-order valence-electron chi connectivity index (χ2n) is 7.22. The Balaban J connectivity index is 1.54. The number of aryl methyl sites for hydroxylation is 1. The number of hydrogen-bond donors (Lipinski definition) is 1. The number of sulfonamides is 1. The number of halogens is 1. The van der Waals surface area contributed by atoms with Gasteiger partial charge in [0.1, 0.15) is 5.65 Å². The largest absolute Gasteiger partial charge is 0.379 e. The molecule has 0 saturated carbocycles. The van der Waals surface area contributed by atoms with Crippen LogP contribution in [0.3, 0.4) is 0 Å². The van der Waals surface area contributed by atoms with Crippen LogP contribution in [0.2, 0.25) is 5.02 Å². The highest BCUT2D eigenvalue weighted by Crippen LogP contribution is 2.23. The molecular weight excluding hydrogens is 440 g/mol. The number of hydrogen-bond acceptors (Lipinski definition) is 5. The minimum atomic E-state index is -3.70. The van der Waals surface area contributed by atoms with Crippen LogP contribution in [0.25, 0.3) is 5.65 Å². The van der Waals surface area contributed by atoms with Gasteiger partial charge < -0.3 is 14.5 Å². The van der Waals surface area contributed by atoms with Gasteiger partial charge in [0, 0.05) is 31.0 Å². The molecule has 8 nitrogen and oxygen atoms in total. The standard InChI is InChI=1S/C21H23ClN4O4S/c1-2-15-3-4-16(11-19(15)31(28,29)26-7-9-30-10-8-26)21(27)23-12-18-14-25-13-17(22)5-6-20(25)24-18/h3-6,11,13-14H,2,7-10,12H2,1H3,(H,23,27). The number of aromatic nitrogens is 2. The number of carbonyl (C=O) groups is 1. The van der Waals surface area contributed by atoms with E-state index in [2.05, 4.69) is 10.3 Å². The number of ether oxygens (including phenoxy) is 1. The van der Waals surface area contributed by atoms with Crippen molar-refractivity contribution >= 4 is 33.2 Å². The van der Waals surface area contributed by atoms with Crippen LogP contribution in [0.1, 0.15) is 28.5 Å². The molecule has 0 aliphatic carbocycles. The number of morpholine rings is 1. The Morgan fingerprint density at radius 3 is 2.71 bits per heavy atom. The third-order valence-corrected chi connectivity index (χ3v) is 7.40. The van der Waals surface area contributed by atoms with Crippen molar-refractivity contribution in [3.05, 3.63) is 64.6 Å². The number of pyridine rings is 1. The molecule has 0 unspecified atom stereocenters. The van der Waals surface area contributed by atoms with Crippen LogP contribution in [0.5, 0.6) is 0 Å². The van der Waals surface area contributed by atoms with E-state index in [9.17, 15) is 13.2 Å². The van der Waals surface area contributed by atoms with Crippen LogP contribution >= 0.6 is 11.6 Å². The summed E-state index contributed by atoms with van der Waals surface area (Å²) in [5.41, 5.74) is 2.36. The number of amides is 1. The maximum atomic E-state index is 13.2. The normalized spacial score (nSPS) is 15.3. The third kappa shape index (κ3) is 4.59. The van der Waals surface area contributed by atoms with E-state index >= 15 is 0 Å². The summed E-state index contributed by atoms with van der Waals surface area (Å²) in [4.78, 5) is 17.4. The highest BCUT2D eigenvalue weighted by atomic mass is 35.5. The predicted molar refractivity (Wildman–Crippen MR) is 117 cm³/mol. The lowest BCUT2D eigenvalue weighted by Crippen LogP contribution is -2.41. The molecule has 1 fully saturated rings. The zero-order valence-corrected chi connectivity index (χ0v) is 18.6. The van der Waals surface area contributed by atoms with Gasteiger partial charge in [-0.3, -0.25) is 4.79 Å². The van der Waals surface area contributed by atoms with Crippen molar-refractivity contribution in [1.82, 2.24) is 19.0 Å². The fourth-order valence-electron chi connectivity index (χ4n) is 3.53. The summed E-state index contributed by atoms with van der Waals surface area (Å²) < 4.78 is 34.8. The first-order valence-electron chi connectivity index (χ1n) is 10.0. The van der Waals surface area contributed by atoms with Crippen LogP contribution in [-0.2, 0) is 27.7 Å². The van der Waals surface area contributed by atoms with Crippen LogP contribution < -0.4 is 5.32 Å². The Kier molecular flexibility index (Phi) is 6.29. The number of fused-ring (bicyclic) bond motifs is 1. The first kappa shape index (κ1) is 21.8. The van der Waals surface area contributed by atoms with Crippen molar-refractivity contribution < 1.29 is 17.9 Å². The van der Waals surface area contributed by atoms with Gasteiger partial charge in [-0.15, -0.1) is 0 Å². The van der Waals surface area contributed by atoms with Crippen molar-refractivity contribution in [2.24, 2.45) is 0 Å². The Bertz CT molecular complexity index is 1220. The molecule has 31 heavy (non-hydrogen) atoms. The summed E-state index contributed by atoms with van der Waals surface area (Å²) in [6.45, 7) is 3.44. The highest BCUT2D eigenvalue weighted by molar-refractivity contribution is 7.89. The van der Waals surface area contributed by atoms with Crippen molar-refractivity contribution in [3.8, 4) is 0 Å².